The number of hydrogen-bond donors (Lipinski definition) is 0. The van der Waals surface area contributed by atoms with Crippen molar-refractivity contribution in [3.8, 4) is 0 Å². The lowest BCUT2D eigenvalue weighted by Gasteiger charge is -2.19. The van der Waals surface area contributed by atoms with E-state index in [0.717, 1.165) is 41.0 Å². The van der Waals surface area contributed by atoms with Crippen LogP contribution < -0.4 is 4.90 Å². The van der Waals surface area contributed by atoms with E-state index in [1.807, 2.05) is 25.8 Å². The zero-order valence-electron chi connectivity index (χ0n) is 16.8. The third-order valence-corrected chi connectivity index (χ3v) is 7.69. The lowest BCUT2D eigenvalue weighted by Crippen LogP contribution is -2.30. The van der Waals surface area contributed by atoms with Crippen molar-refractivity contribution >= 4 is 21.6 Å². The van der Waals surface area contributed by atoms with Crippen LogP contribution in [-0.2, 0) is 34.8 Å². The van der Waals surface area contributed by atoms with Gasteiger partial charge in [0.25, 0.3) is 0 Å². The molecule has 0 saturated heterocycles. The zero-order chi connectivity index (χ0) is 20.2. The number of aromatic nitrogens is 2. The van der Waals surface area contributed by atoms with Gasteiger partial charge in [0.2, 0.25) is 15.9 Å². The molecule has 0 radical (unpaired) electrons. The Morgan fingerprint density at radius 2 is 2.00 bits per heavy atom. The minimum atomic E-state index is -3.63. The van der Waals surface area contributed by atoms with Crippen molar-refractivity contribution in [2.45, 2.75) is 44.6 Å². The van der Waals surface area contributed by atoms with Crippen molar-refractivity contribution in [2.75, 3.05) is 18.5 Å². The van der Waals surface area contributed by atoms with Crippen molar-refractivity contribution in [1.82, 2.24) is 14.1 Å². The van der Waals surface area contributed by atoms with Gasteiger partial charge in [-0.3, -0.25) is 9.48 Å². The van der Waals surface area contributed by atoms with Crippen LogP contribution in [0.1, 0.15) is 35.4 Å². The van der Waals surface area contributed by atoms with Crippen LogP contribution in [0.3, 0.4) is 0 Å². The first-order chi connectivity index (χ1) is 13.2. The Morgan fingerprint density at radius 3 is 2.61 bits per heavy atom. The predicted molar refractivity (Wildman–Crippen MR) is 107 cm³/mol. The number of fused-ring (bicyclic) bond motifs is 1. The Hall–Kier alpha value is -2.19. The number of anilines is 1. The number of carbonyl (C=O) groups is 1. The van der Waals surface area contributed by atoms with E-state index in [9.17, 15) is 13.2 Å². The van der Waals surface area contributed by atoms with E-state index in [-0.39, 0.29) is 23.3 Å². The van der Waals surface area contributed by atoms with Gasteiger partial charge in [-0.1, -0.05) is 0 Å². The maximum absolute atomic E-state index is 13.1. The molecule has 8 heteroatoms. The van der Waals surface area contributed by atoms with Gasteiger partial charge in [-0.25, -0.2) is 8.42 Å². The van der Waals surface area contributed by atoms with Crippen molar-refractivity contribution in [1.29, 1.82) is 0 Å². The topological polar surface area (TPSA) is 75.5 Å². The van der Waals surface area contributed by atoms with Gasteiger partial charge in [0.1, 0.15) is 0 Å². The first kappa shape index (κ1) is 19.1. The number of carbonyl (C=O) groups excluding carboxylic acids is 1. The molecular weight excluding hydrogens is 376 g/mol. The third kappa shape index (κ3) is 3.14. The van der Waals surface area contributed by atoms with Crippen LogP contribution in [-0.4, -0.2) is 42.0 Å². The molecule has 1 aromatic heterocycles. The molecule has 2 aliphatic rings. The van der Waals surface area contributed by atoms with Crippen LogP contribution in [0.25, 0.3) is 0 Å². The molecule has 4 rings (SSSR count). The molecule has 7 nitrogen and oxygen atoms in total. The summed E-state index contributed by atoms with van der Waals surface area (Å²) in [6.07, 6.45) is 2.63. The molecule has 0 N–H and O–H groups in total. The maximum Gasteiger partial charge on any atom is 0.243 e. The average Bonchev–Trinajstić information content (AvgIpc) is 3.38. The lowest BCUT2D eigenvalue weighted by atomic mass is 10.2. The fourth-order valence-electron chi connectivity index (χ4n) is 3.85. The number of benzene rings is 1. The highest BCUT2D eigenvalue weighted by Crippen LogP contribution is 2.37. The van der Waals surface area contributed by atoms with Gasteiger partial charge < -0.3 is 4.90 Å². The minimum Gasteiger partial charge on any atom is -0.312 e. The van der Waals surface area contributed by atoms with E-state index in [1.54, 1.807) is 29.9 Å². The summed E-state index contributed by atoms with van der Waals surface area (Å²) in [6.45, 7) is 4.75. The van der Waals surface area contributed by atoms with Gasteiger partial charge in [0.15, 0.2) is 0 Å². The Kier molecular flexibility index (Phi) is 4.58. The molecule has 0 spiro atoms. The molecule has 0 bridgehead atoms. The zero-order valence-corrected chi connectivity index (χ0v) is 17.6. The molecular formula is C20H26N4O3S. The van der Waals surface area contributed by atoms with Gasteiger partial charge in [0.05, 0.1) is 10.6 Å². The minimum absolute atomic E-state index is 0.159. The fourth-order valence-corrected chi connectivity index (χ4v) is 5.04. The van der Waals surface area contributed by atoms with Gasteiger partial charge in [-0.2, -0.15) is 9.40 Å². The smallest absolute Gasteiger partial charge is 0.243 e. The largest absolute Gasteiger partial charge is 0.312 e. The summed E-state index contributed by atoms with van der Waals surface area (Å²) in [6, 6.07) is 5.13. The SMILES string of the molecule is Cc1nn(C)c(C)c1CN(C)S(=O)(=O)c1ccc2c(c1)CCN2C(=O)C1CC1. The average molecular weight is 403 g/mol. The highest BCUT2D eigenvalue weighted by atomic mass is 32.2. The molecule has 28 heavy (non-hydrogen) atoms. The normalized spacial score (nSPS) is 16.7. The molecule has 1 saturated carbocycles. The fraction of sp³-hybridized carbons (Fsp3) is 0.500. The maximum atomic E-state index is 13.1. The number of aryl methyl sites for hydroxylation is 2. The van der Waals surface area contributed by atoms with Crippen LogP contribution in [0.2, 0.25) is 0 Å². The van der Waals surface area contributed by atoms with Gasteiger partial charge >= 0.3 is 0 Å². The number of amides is 1. The van der Waals surface area contributed by atoms with E-state index in [2.05, 4.69) is 5.10 Å². The second kappa shape index (κ2) is 6.70. The summed E-state index contributed by atoms with van der Waals surface area (Å²) in [5, 5.41) is 4.37. The third-order valence-electron chi connectivity index (χ3n) is 5.89. The van der Waals surface area contributed by atoms with Crippen molar-refractivity contribution in [3.05, 3.63) is 40.7 Å². The monoisotopic (exact) mass is 402 g/mol. The number of rotatable bonds is 5. The van der Waals surface area contributed by atoms with E-state index in [4.69, 9.17) is 0 Å². The van der Waals surface area contributed by atoms with Crippen LogP contribution in [0.5, 0.6) is 0 Å². The predicted octanol–water partition coefficient (Wildman–Crippen LogP) is 2.16. The van der Waals surface area contributed by atoms with Crippen molar-refractivity contribution < 1.29 is 13.2 Å². The first-order valence-electron chi connectivity index (χ1n) is 9.60. The first-order valence-corrected chi connectivity index (χ1v) is 11.0. The summed E-state index contributed by atoms with van der Waals surface area (Å²) >= 11 is 0. The van der Waals surface area contributed by atoms with Gasteiger partial charge in [0, 0.05) is 50.0 Å². The molecule has 2 aromatic rings. The summed E-state index contributed by atoms with van der Waals surface area (Å²) in [5.41, 5.74) is 4.51. The standard InChI is InChI=1S/C20H26N4O3S/c1-13-18(14(2)23(4)21-13)12-22(3)28(26,27)17-7-8-19-16(11-17)9-10-24(19)20(25)15-5-6-15/h7-8,11,15H,5-6,9-10,12H2,1-4H3. The molecule has 1 aliphatic heterocycles. The van der Waals surface area contributed by atoms with Crippen LogP contribution in [0, 0.1) is 19.8 Å². The van der Waals surface area contributed by atoms with E-state index in [1.165, 1.54) is 4.31 Å². The second-order valence-electron chi connectivity index (χ2n) is 7.84. The van der Waals surface area contributed by atoms with Gasteiger partial charge in [-0.15, -0.1) is 0 Å². The van der Waals surface area contributed by atoms with Crippen LogP contribution in [0.15, 0.2) is 23.1 Å². The lowest BCUT2D eigenvalue weighted by molar-refractivity contribution is -0.119. The summed E-state index contributed by atoms with van der Waals surface area (Å²) in [4.78, 5) is 14.5. The molecule has 1 aromatic carbocycles. The van der Waals surface area contributed by atoms with Crippen LogP contribution >= 0.6 is 0 Å². The Labute approximate surface area is 166 Å². The molecule has 1 amide bonds. The van der Waals surface area contributed by atoms with E-state index in [0.29, 0.717) is 13.0 Å². The Bertz CT molecular complexity index is 1050. The molecule has 1 fully saturated rings. The van der Waals surface area contributed by atoms with Gasteiger partial charge in [-0.05, 0) is 56.9 Å². The quantitative estimate of drug-likeness (QED) is 0.768. The van der Waals surface area contributed by atoms with E-state index >= 15 is 0 Å². The summed E-state index contributed by atoms with van der Waals surface area (Å²) in [5.74, 6) is 0.334. The summed E-state index contributed by atoms with van der Waals surface area (Å²) < 4.78 is 29.4. The Balaban J connectivity index is 1.58. The Morgan fingerprint density at radius 1 is 1.29 bits per heavy atom. The van der Waals surface area contributed by atoms with Crippen molar-refractivity contribution in [3.63, 3.8) is 0 Å². The number of sulfonamides is 1. The molecule has 2 heterocycles. The van der Waals surface area contributed by atoms with Crippen LogP contribution in [0.4, 0.5) is 5.69 Å². The molecule has 0 atom stereocenters. The highest BCUT2D eigenvalue weighted by Gasteiger charge is 2.37. The number of nitrogens with zero attached hydrogens (tertiary/aromatic N) is 4. The highest BCUT2D eigenvalue weighted by molar-refractivity contribution is 7.89. The number of hydrogen-bond acceptors (Lipinski definition) is 4. The molecule has 150 valence electrons. The summed E-state index contributed by atoms with van der Waals surface area (Å²) in [7, 11) is -0.181. The van der Waals surface area contributed by atoms with Crippen molar-refractivity contribution in [2.24, 2.45) is 13.0 Å². The molecule has 1 aliphatic carbocycles. The molecule has 0 unspecified atom stereocenters. The second-order valence-corrected chi connectivity index (χ2v) is 9.88. The van der Waals surface area contributed by atoms with E-state index < -0.39 is 10.0 Å².